The van der Waals surface area contributed by atoms with E-state index >= 15 is 0 Å². The zero-order valence-corrected chi connectivity index (χ0v) is 8.90. The molecular formula is C10H15NO4. The first-order valence-corrected chi connectivity index (χ1v) is 4.77. The lowest BCUT2D eigenvalue weighted by atomic mass is 10.4. The molecule has 1 rings (SSSR count). The maximum absolute atomic E-state index is 10.6. The minimum Gasteiger partial charge on any atom is -0.475 e. The Hall–Kier alpha value is -1.49. The summed E-state index contributed by atoms with van der Waals surface area (Å²) in [6.45, 7) is 3.86. The predicted molar refractivity (Wildman–Crippen MR) is 55.4 cm³/mol. The van der Waals surface area contributed by atoms with Crippen molar-refractivity contribution in [2.75, 3.05) is 31.7 Å². The van der Waals surface area contributed by atoms with Gasteiger partial charge in [-0.25, -0.2) is 4.79 Å². The zero-order chi connectivity index (χ0) is 11.3. The van der Waals surface area contributed by atoms with Gasteiger partial charge in [0.15, 0.2) is 5.88 Å². The second-order valence-electron chi connectivity index (χ2n) is 3.06. The monoisotopic (exact) mass is 213 g/mol. The Morgan fingerprint density at radius 1 is 1.60 bits per heavy atom. The molecule has 1 N–H and O–H groups in total. The average Bonchev–Trinajstić information content (AvgIpc) is 2.66. The van der Waals surface area contributed by atoms with Crippen molar-refractivity contribution in [1.82, 2.24) is 0 Å². The number of hydrogen-bond donors (Lipinski definition) is 1. The van der Waals surface area contributed by atoms with Crippen LogP contribution in [0.25, 0.3) is 0 Å². The fourth-order valence-corrected chi connectivity index (χ4v) is 1.10. The molecule has 0 unspecified atom stereocenters. The zero-order valence-electron chi connectivity index (χ0n) is 8.90. The van der Waals surface area contributed by atoms with Crippen LogP contribution < -0.4 is 4.90 Å². The van der Waals surface area contributed by atoms with Gasteiger partial charge in [-0.3, -0.25) is 0 Å². The molecule has 0 spiro atoms. The SMILES string of the molecule is CCOCCN(C)c1ccc(C(=O)O)o1. The maximum atomic E-state index is 10.6. The van der Waals surface area contributed by atoms with Gasteiger partial charge in [-0.15, -0.1) is 0 Å². The van der Waals surface area contributed by atoms with Gasteiger partial charge in [-0.05, 0) is 13.0 Å². The third kappa shape index (κ3) is 3.28. The van der Waals surface area contributed by atoms with E-state index in [-0.39, 0.29) is 5.76 Å². The first-order chi connectivity index (χ1) is 7.15. The summed E-state index contributed by atoms with van der Waals surface area (Å²) in [5.74, 6) is -0.570. The Labute approximate surface area is 88.2 Å². The number of carboxylic acids is 1. The Balaban J connectivity index is 2.50. The van der Waals surface area contributed by atoms with Crippen LogP contribution in [-0.2, 0) is 4.74 Å². The molecule has 1 heterocycles. The summed E-state index contributed by atoms with van der Waals surface area (Å²) in [7, 11) is 1.82. The highest BCUT2D eigenvalue weighted by Gasteiger charge is 2.11. The van der Waals surface area contributed by atoms with E-state index in [9.17, 15) is 4.79 Å². The standard InChI is InChI=1S/C10H15NO4/c1-3-14-7-6-11(2)9-5-4-8(15-9)10(12)13/h4-5H,3,6-7H2,1-2H3,(H,12,13). The van der Waals surface area contributed by atoms with Crippen molar-refractivity contribution in [2.45, 2.75) is 6.92 Å². The maximum Gasteiger partial charge on any atom is 0.371 e. The highest BCUT2D eigenvalue weighted by Crippen LogP contribution is 2.16. The Morgan fingerprint density at radius 3 is 2.87 bits per heavy atom. The van der Waals surface area contributed by atoms with Crippen LogP contribution >= 0.6 is 0 Å². The highest BCUT2D eigenvalue weighted by atomic mass is 16.5. The number of furan rings is 1. The normalized spacial score (nSPS) is 10.3. The largest absolute Gasteiger partial charge is 0.475 e. The van der Waals surface area contributed by atoms with Crippen molar-refractivity contribution in [3.8, 4) is 0 Å². The van der Waals surface area contributed by atoms with Gasteiger partial charge in [-0.1, -0.05) is 0 Å². The van der Waals surface area contributed by atoms with Crippen LogP contribution in [0.5, 0.6) is 0 Å². The molecule has 0 fully saturated rings. The molecule has 0 saturated heterocycles. The summed E-state index contributed by atoms with van der Waals surface area (Å²) >= 11 is 0. The number of carboxylic acid groups (broad SMARTS) is 1. The molecule has 1 aromatic rings. The lowest BCUT2D eigenvalue weighted by Gasteiger charge is -2.15. The molecule has 84 valence electrons. The van der Waals surface area contributed by atoms with E-state index in [2.05, 4.69) is 0 Å². The highest BCUT2D eigenvalue weighted by molar-refractivity contribution is 5.84. The number of ether oxygens (including phenoxy) is 1. The summed E-state index contributed by atoms with van der Waals surface area (Å²) < 4.78 is 10.3. The van der Waals surface area contributed by atoms with E-state index in [0.29, 0.717) is 25.6 Å². The van der Waals surface area contributed by atoms with Gasteiger partial charge in [-0.2, -0.15) is 0 Å². The molecule has 15 heavy (non-hydrogen) atoms. The van der Waals surface area contributed by atoms with Gasteiger partial charge >= 0.3 is 5.97 Å². The molecular weight excluding hydrogens is 198 g/mol. The van der Waals surface area contributed by atoms with Crippen molar-refractivity contribution < 1.29 is 19.1 Å². The summed E-state index contributed by atoms with van der Waals surface area (Å²) in [4.78, 5) is 12.4. The van der Waals surface area contributed by atoms with Crippen molar-refractivity contribution in [3.63, 3.8) is 0 Å². The second kappa shape index (κ2) is 5.41. The van der Waals surface area contributed by atoms with Gasteiger partial charge in [0.25, 0.3) is 0 Å². The summed E-state index contributed by atoms with van der Waals surface area (Å²) in [5, 5.41) is 8.66. The second-order valence-corrected chi connectivity index (χ2v) is 3.06. The Morgan fingerprint density at radius 2 is 2.33 bits per heavy atom. The minimum absolute atomic E-state index is 0.0479. The topological polar surface area (TPSA) is 62.9 Å². The molecule has 5 nitrogen and oxygen atoms in total. The van der Waals surface area contributed by atoms with Gasteiger partial charge in [0, 0.05) is 26.3 Å². The molecule has 0 aromatic carbocycles. The van der Waals surface area contributed by atoms with Crippen LogP contribution in [0.15, 0.2) is 16.5 Å². The molecule has 0 bridgehead atoms. The molecule has 0 aliphatic carbocycles. The van der Waals surface area contributed by atoms with Crippen LogP contribution in [-0.4, -0.2) is 37.9 Å². The van der Waals surface area contributed by atoms with E-state index < -0.39 is 5.97 Å². The molecule has 0 saturated carbocycles. The van der Waals surface area contributed by atoms with Gasteiger partial charge in [0.05, 0.1) is 6.61 Å². The lowest BCUT2D eigenvalue weighted by molar-refractivity contribution is 0.0663. The summed E-state index contributed by atoms with van der Waals surface area (Å²) in [6.07, 6.45) is 0. The predicted octanol–water partition coefficient (Wildman–Crippen LogP) is 1.45. The first kappa shape index (κ1) is 11.6. The summed E-state index contributed by atoms with van der Waals surface area (Å²) in [5.41, 5.74) is 0. The third-order valence-electron chi connectivity index (χ3n) is 1.95. The Kier molecular flexibility index (Phi) is 4.17. The average molecular weight is 213 g/mol. The van der Waals surface area contributed by atoms with Crippen LogP contribution in [0, 0.1) is 0 Å². The molecule has 0 radical (unpaired) electrons. The minimum atomic E-state index is -1.06. The van der Waals surface area contributed by atoms with E-state index in [4.69, 9.17) is 14.3 Å². The molecule has 0 aliphatic rings. The first-order valence-electron chi connectivity index (χ1n) is 4.77. The van der Waals surface area contributed by atoms with E-state index in [1.807, 2.05) is 18.9 Å². The van der Waals surface area contributed by atoms with E-state index in [1.165, 1.54) is 6.07 Å². The van der Waals surface area contributed by atoms with E-state index in [0.717, 1.165) is 0 Å². The third-order valence-corrected chi connectivity index (χ3v) is 1.95. The number of anilines is 1. The quantitative estimate of drug-likeness (QED) is 0.724. The van der Waals surface area contributed by atoms with Crippen LogP contribution in [0.3, 0.4) is 0 Å². The van der Waals surface area contributed by atoms with Crippen LogP contribution in [0.2, 0.25) is 0 Å². The van der Waals surface area contributed by atoms with Crippen molar-refractivity contribution >= 4 is 11.9 Å². The van der Waals surface area contributed by atoms with Gasteiger partial charge in [0.2, 0.25) is 5.76 Å². The molecule has 0 amide bonds. The fourth-order valence-electron chi connectivity index (χ4n) is 1.10. The Bertz CT molecular complexity index is 321. The number of rotatable bonds is 6. The number of hydrogen-bond acceptors (Lipinski definition) is 4. The number of nitrogens with zero attached hydrogens (tertiary/aromatic N) is 1. The summed E-state index contributed by atoms with van der Waals surface area (Å²) in [6, 6.07) is 3.07. The van der Waals surface area contributed by atoms with Gasteiger partial charge < -0.3 is 19.2 Å². The molecule has 0 atom stereocenters. The lowest BCUT2D eigenvalue weighted by Crippen LogP contribution is -2.22. The molecule has 5 heteroatoms. The van der Waals surface area contributed by atoms with Crippen molar-refractivity contribution in [1.29, 1.82) is 0 Å². The molecule has 0 aliphatic heterocycles. The van der Waals surface area contributed by atoms with Crippen LogP contribution in [0.4, 0.5) is 5.88 Å². The van der Waals surface area contributed by atoms with Crippen LogP contribution in [0.1, 0.15) is 17.5 Å². The number of aromatic carboxylic acids is 1. The van der Waals surface area contributed by atoms with Crippen molar-refractivity contribution in [3.05, 3.63) is 17.9 Å². The molecule has 1 aromatic heterocycles. The number of likely N-dealkylation sites (N-methyl/N-ethyl adjacent to an activating group) is 1. The number of carbonyl (C=O) groups is 1. The fraction of sp³-hybridized carbons (Fsp3) is 0.500. The van der Waals surface area contributed by atoms with Crippen molar-refractivity contribution in [2.24, 2.45) is 0 Å². The van der Waals surface area contributed by atoms with Gasteiger partial charge in [0.1, 0.15) is 0 Å². The van der Waals surface area contributed by atoms with E-state index in [1.54, 1.807) is 6.07 Å². The smallest absolute Gasteiger partial charge is 0.371 e.